The van der Waals surface area contributed by atoms with Crippen LogP contribution >= 0.6 is 0 Å². The molecule has 1 aromatic heterocycles. The molecule has 1 aliphatic heterocycles. The molecule has 178 valence electrons. The van der Waals surface area contributed by atoms with E-state index >= 15 is 0 Å². The number of hydrogen-bond acceptors (Lipinski definition) is 5. The van der Waals surface area contributed by atoms with E-state index in [0.29, 0.717) is 30.6 Å². The van der Waals surface area contributed by atoms with Crippen molar-refractivity contribution in [2.75, 3.05) is 0 Å². The predicted molar refractivity (Wildman–Crippen MR) is 130 cm³/mol. The molecule has 2 heterocycles. The molecule has 0 bridgehead atoms. The Morgan fingerprint density at radius 3 is 2.79 bits per heavy atom. The summed E-state index contributed by atoms with van der Waals surface area (Å²) in [4.78, 5) is 16.4. The fourth-order valence-electron chi connectivity index (χ4n) is 5.16. The third kappa shape index (κ3) is 5.19. The molecule has 1 N–H and O–H groups in total. The summed E-state index contributed by atoms with van der Waals surface area (Å²) in [6.07, 6.45) is 6.67. The number of nitrogens with zero attached hydrogens (tertiary/aromatic N) is 1. The van der Waals surface area contributed by atoms with Gasteiger partial charge in [0.05, 0.1) is 17.9 Å². The Morgan fingerprint density at radius 1 is 1.30 bits per heavy atom. The van der Waals surface area contributed by atoms with Crippen molar-refractivity contribution < 1.29 is 18.5 Å². The predicted octanol–water partition coefficient (Wildman–Crippen LogP) is 4.72. The Morgan fingerprint density at radius 2 is 2.09 bits per heavy atom. The smallest absolute Gasteiger partial charge is 0.444 e. The number of aromatic nitrogens is 1. The average molecular weight is 452 g/mol. The minimum atomic E-state index is -0.446. The van der Waals surface area contributed by atoms with Crippen molar-refractivity contribution in [1.82, 2.24) is 10.3 Å². The van der Waals surface area contributed by atoms with Crippen LogP contribution in [0.25, 0.3) is 11.3 Å². The van der Waals surface area contributed by atoms with Crippen LogP contribution in [-0.2, 0) is 20.6 Å². The van der Waals surface area contributed by atoms with E-state index in [-0.39, 0.29) is 23.0 Å². The van der Waals surface area contributed by atoms with Gasteiger partial charge < -0.3 is 19.0 Å². The van der Waals surface area contributed by atoms with E-state index in [1.165, 1.54) is 6.39 Å². The summed E-state index contributed by atoms with van der Waals surface area (Å²) < 4.78 is 18.6. The number of carbonyl (C=O) groups is 1. The molecular formula is C26H37BN2O4. The Balaban J connectivity index is 1.57. The van der Waals surface area contributed by atoms with Crippen LogP contribution in [0.3, 0.4) is 0 Å². The number of nitrogens with one attached hydrogen (secondary N) is 1. The molecule has 1 amide bonds. The molecule has 6 nitrogen and oxygen atoms in total. The van der Waals surface area contributed by atoms with Crippen molar-refractivity contribution in [3.63, 3.8) is 0 Å². The largest absolute Gasteiger partial charge is 0.494 e. The van der Waals surface area contributed by atoms with Crippen LogP contribution < -0.4 is 10.8 Å². The highest BCUT2D eigenvalue weighted by Crippen LogP contribution is 2.50. The average Bonchev–Trinajstić information content (AvgIpc) is 3.40. The normalized spacial score (nSPS) is 27.3. The first-order chi connectivity index (χ1) is 15.6. The Labute approximate surface area is 198 Å². The van der Waals surface area contributed by atoms with Crippen LogP contribution in [-0.4, -0.2) is 29.7 Å². The fourth-order valence-corrected chi connectivity index (χ4v) is 5.16. The van der Waals surface area contributed by atoms with E-state index in [1.807, 2.05) is 12.1 Å². The van der Waals surface area contributed by atoms with E-state index in [9.17, 15) is 4.79 Å². The lowest BCUT2D eigenvalue weighted by Gasteiger charge is -2.47. The van der Waals surface area contributed by atoms with Gasteiger partial charge in [0.2, 0.25) is 5.91 Å². The van der Waals surface area contributed by atoms with E-state index < -0.39 is 7.12 Å². The number of benzene rings is 1. The molecule has 1 aromatic carbocycles. The molecule has 2 fully saturated rings. The number of fused-ring (bicyclic) bond motifs is 1. The number of amides is 1. The molecular weight excluding hydrogens is 415 g/mol. The molecule has 1 saturated heterocycles. The van der Waals surface area contributed by atoms with E-state index in [2.05, 4.69) is 57.9 Å². The standard InChI is InChI=1S/C26H37BN2O4/c1-7-17(2)8-24(30)29-13-19-10-20(22-14-28-16-31-22)12-21(11-19)27-32-23-9-18(3)25(4,5)15-26(23,6)33-27/h10-12,14,16-18,23H,7-9,13,15H2,1-6H3,(H,29,30)/t17?,18-,23+,26-/m0/s1. The first kappa shape index (κ1) is 24.0. The van der Waals surface area contributed by atoms with E-state index in [4.69, 9.17) is 13.7 Å². The maximum atomic E-state index is 12.4. The van der Waals surface area contributed by atoms with Gasteiger partial charge in [-0.1, -0.05) is 53.2 Å². The van der Waals surface area contributed by atoms with Crippen LogP contribution in [0.4, 0.5) is 0 Å². The quantitative estimate of drug-likeness (QED) is 0.616. The maximum Gasteiger partial charge on any atom is 0.494 e. The minimum absolute atomic E-state index is 0.0677. The van der Waals surface area contributed by atoms with Gasteiger partial charge in [0, 0.05) is 18.5 Å². The molecule has 4 atom stereocenters. The lowest BCUT2D eigenvalue weighted by Crippen LogP contribution is -2.49. The highest BCUT2D eigenvalue weighted by atomic mass is 16.7. The van der Waals surface area contributed by atoms with Gasteiger partial charge in [-0.2, -0.15) is 0 Å². The van der Waals surface area contributed by atoms with Gasteiger partial charge in [0.1, 0.15) is 0 Å². The molecule has 0 spiro atoms. The van der Waals surface area contributed by atoms with E-state index in [0.717, 1.165) is 35.9 Å². The summed E-state index contributed by atoms with van der Waals surface area (Å²) >= 11 is 0. The summed E-state index contributed by atoms with van der Waals surface area (Å²) in [6, 6.07) is 6.15. The zero-order valence-electron chi connectivity index (χ0n) is 20.8. The molecule has 1 aliphatic carbocycles. The lowest BCUT2D eigenvalue weighted by molar-refractivity contribution is -0.122. The van der Waals surface area contributed by atoms with Gasteiger partial charge in [-0.05, 0) is 54.1 Å². The van der Waals surface area contributed by atoms with Crippen LogP contribution in [0.1, 0.15) is 72.8 Å². The van der Waals surface area contributed by atoms with Crippen molar-refractivity contribution in [2.24, 2.45) is 17.3 Å². The van der Waals surface area contributed by atoms with E-state index in [1.54, 1.807) is 6.20 Å². The van der Waals surface area contributed by atoms with Gasteiger partial charge in [-0.15, -0.1) is 0 Å². The zero-order chi connectivity index (χ0) is 23.8. The fraction of sp³-hybridized carbons (Fsp3) is 0.615. The van der Waals surface area contributed by atoms with Gasteiger partial charge >= 0.3 is 7.12 Å². The van der Waals surface area contributed by atoms with Gasteiger partial charge in [-0.3, -0.25) is 4.79 Å². The third-order valence-corrected chi connectivity index (χ3v) is 7.78. The van der Waals surface area contributed by atoms with Crippen LogP contribution in [0, 0.1) is 17.3 Å². The monoisotopic (exact) mass is 452 g/mol. The Bertz CT molecular complexity index is 977. The zero-order valence-corrected chi connectivity index (χ0v) is 20.8. The number of carbonyl (C=O) groups excluding carboxylic acids is 1. The SMILES string of the molecule is CCC(C)CC(=O)NCc1cc(B2O[C@@H]3C[C@H](C)C(C)(C)C[C@]3(C)O2)cc(-c2cnco2)c1. The summed E-state index contributed by atoms with van der Waals surface area (Å²) in [5.74, 6) is 1.69. The Kier molecular flexibility index (Phi) is 6.74. The Hall–Kier alpha value is -2.12. The molecule has 2 aromatic rings. The third-order valence-electron chi connectivity index (χ3n) is 7.78. The molecule has 4 rings (SSSR count). The van der Waals surface area contributed by atoms with Crippen molar-refractivity contribution in [3.05, 3.63) is 36.4 Å². The first-order valence-electron chi connectivity index (χ1n) is 12.2. The van der Waals surface area contributed by atoms with Crippen LogP contribution in [0.15, 0.2) is 35.2 Å². The van der Waals surface area contributed by atoms with Gasteiger partial charge in [-0.25, -0.2) is 4.98 Å². The molecule has 33 heavy (non-hydrogen) atoms. The minimum Gasteiger partial charge on any atom is -0.444 e. The second kappa shape index (κ2) is 9.26. The molecule has 7 heteroatoms. The topological polar surface area (TPSA) is 73.6 Å². The summed E-state index contributed by atoms with van der Waals surface area (Å²) in [5.41, 5.74) is 2.72. The summed E-state index contributed by atoms with van der Waals surface area (Å²) in [5, 5.41) is 3.06. The lowest BCUT2D eigenvalue weighted by atomic mass is 9.63. The number of rotatable bonds is 7. The van der Waals surface area contributed by atoms with Crippen molar-refractivity contribution in [3.8, 4) is 11.3 Å². The molecule has 1 unspecified atom stereocenters. The second-order valence-corrected chi connectivity index (χ2v) is 11.0. The second-order valence-electron chi connectivity index (χ2n) is 11.0. The molecule has 1 saturated carbocycles. The van der Waals surface area contributed by atoms with Crippen molar-refractivity contribution in [1.29, 1.82) is 0 Å². The van der Waals surface area contributed by atoms with Gasteiger partial charge in [0.15, 0.2) is 12.2 Å². The van der Waals surface area contributed by atoms with Crippen molar-refractivity contribution in [2.45, 2.75) is 85.5 Å². The maximum absolute atomic E-state index is 12.4. The molecule has 2 aliphatic rings. The van der Waals surface area contributed by atoms with Crippen molar-refractivity contribution >= 4 is 18.5 Å². The highest BCUT2D eigenvalue weighted by Gasteiger charge is 2.55. The summed E-state index contributed by atoms with van der Waals surface area (Å²) in [7, 11) is -0.446. The highest BCUT2D eigenvalue weighted by molar-refractivity contribution is 6.62. The first-order valence-corrected chi connectivity index (χ1v) is 12.2. The van der Waals surface area contributed by atoms with Gasteiger partial charge in [0.25, 0.3) is 0 Å². The number of oxazole rings is 1. The van der Waals surface area contributed by atoms with Crippen LogP contribution in [0.5, 0.6) is 0 Å². The number of hydrogen-bond donors (Lipinski definition) is 1. The molecule has 0 radical (unpaired) electrons. The van der Waals surface area contributed by atoms with Crippen LogP contribution in [0.2, 0.25) is 0 Å². The summed E-state index contributed by atoms with van der Waals surface area (Å²) in [6.45, 7) is 13.8.